The minimum atomic E-state index is -1.09. The molecule has 0 rings (SSSR count). The Bertz CT molecular complexity index is 47.1. The number of hydrogen-bond acceptors (Lipinski definition) is 3. The third-order valence-corrected chi connectivity index (χ3v) is 0.447. The Kier molecular flexibility index (Phi) is 49.9. The van der Waals surface area contributed by atoms with Crippen LogP contribution in [0.2, 0.25) is 0 Å². The summed E-state index contributed by atoms with van der Waals surface area (Å²) in [4.78, 5) is 0. The van der Waals surface area contributed by atoms with Gasteiger partial charge in [-0.3, -0.25) is 0 Å². The Balaban J connectivity index is -0.0000000886. The Labute approximate surface area is 79.2 Å². The quantitative estimate of drug-likeness (QED) is 0.742. The van der Waals surface area contributed by atoms with E-state index < -0.39 is 15.3 Å². The summed E-state index contributed by atoms with van der Waals surface area (Å²) < 4.78 is 8.79. The van der Waals surface area contributed by atoms with Crippen LogP contribution in [0.25, 0.3) is 0 Å². The summed E-state index contributed by atoms with van der Waals surface area (Å²) in [6.45, 7) is 4.50. The van der Waals surface area contributed by atoms with Crippen molar-refractivity contribution in [3.05, 3.63) is 0 Å². The number of rotatable bonds is 2. The van der Waals surface area contributed by atoms with Crippen molar-refractivity contribution in [1.82, 2.24) is 0 Å². The van der Waals surface area contributed by atoms with E-state index in [0.717, 1.165) is 12.8 Å². The molecule has 70 valence electrons. The van der Waals surface area contributed by atoms with Crippen LogP contribution < -0.4 is 0 Å². The zero-order valence-electron chi connectivity index (χ0n) is 6.96. The molecule has 0 radical (unpaired) electrons. The second-order valence-electron chi connectivity index (χ2n) is 1.52. The zero-order chi connectivity index (χ0) is 9.54. The average molecular weight is 223 g/mol. The Morgan fingerprint density at radius 2 is 1.27 bits per heavy atom. The molecule has 0 aromatic carbocycles. The van der Waals surface area contributed by atoms with Crippen molar-refractivity contribution < 1.29 is 29.2 Å². The van der Waals surface area contributed by atoms with Crippen LogP contribution in [0.15, 0.2) is 0 Å². The molecule has 5 heteroatoms. The molecule has 0 aromatic heterocycles. The van der Waals surface area contributed by atoms with Crippen molar-refractivity contribution in [2.75, 3.05) is 13.2 Å². The topological polar surface area (TPSA) is 57.5 Å². The van der Waals surface area contributed by atoms with Crippen molar-refractivity contribution in [1.29, 1.82) is 0 Å². The molecule has 11 heavy (non-hydrogen) atoms. The van der Waals surface area contributed by atoms with Gasteiger partial charge in [-0.2, -0.15) is 0 Å². The molecule has 0 aliphatic carbocycles. The van der Waals surface area contributed by atoms with Gasteiger partial charge in [-0.15, -0.1) is 0 Å². The summed E-state index contributed by atoms with van der Waals surface area (Å²) in [5.74, 6) is 0. The maximum atomic E-state index is 8.79. The second-order valence-corrected chi connectivity index (χ2v) is 2.30. The SMILES string of the molecule is CCCO.CCCO.[O]=[V][Cl]. The average Bonchev–Trinajstić information content (AvgIpc) is 2.06. The Morgan fingerprint density at radius 3 is 1.27 bits per heavy atom. The summed E-state index contributed by atoms with van der Waals surface area (Å²) >= 11 is -1.09. The number of aliphatic hydroxyl groups is 2. The molecule has 0 saturated carbocycles. The molecule has 0 aromatic rings. The summed E-state index contributed by atoms with van der Waals surface area (Å²) in [5, 5.41) is 15.8. The first-order chi connectivity index (χ1) is 5.24. The molecular formula is C6H16ClO3V. The van der Waals surface area contributed by atoms with Gasteiger partial charge >= 0.3 is 28.8 Å². The van der Waals surface area contributed by atoms with Gasteiger partial charge in [0.25, 0.3) is 0 Å². The molecule has 0 atom stereocenters. The molecular weight excluding hydrogens is 206 g/mol. The zero-order valence-corrected chi connectivity index (χ0v) is 9.11. The van der Waals surface area contributed by atoms with Crippen LogP contribution in [-0.2, 0) is 19.0 Å². The third-order valence-electron chi connectivity index (χ3n) is 0.447. The molecule has 0 unspecified atom stereocenters. The van der Waals surface area contributed by atoms with E-state index in [1.165, 1.54) is 0 Å². The summed E-state index contributed by atoms with van der Waals surface area (Å²) in [5.41, 5.74) is 0. The molecule has 0 fully saturated rings. The van der Waals surface area contributed by atoms with Crippen LogP contribution in [-0.4, -0.2) is 23.4 Å². The van der Waals surface area contributed by atoms with E-state index in [1.807, 2.05) is 13.8 Å². The molecule has 0 bridgehead atoms. The van der Waals surface area contributed by atoms with Gasteiger partial charge in [-0.25, -0.2) is 0 Å². The monoisotopic (exact) mass is 222 g/mol. The van der Waals surface area contributed by atoms with Gasteiger partial charge in [-0.1, -0.05) is 13.8 Å². The van der Waals surface area contributed by atoms with Crippen molar-refractivity contribution in [3.63, 3.8) is 0 Å². The van der Waals surface area contributed by atoms with E-state index in [4.69, 9.17) is 13.9 Å². The molecule has 3 nitrogen and oxygen atoms in total. The van der Waals surface area contributed by atoms with Crippen LogP contribution in [0.1, 0.15) is 26.7 Å². The molecule has 0 aliphatic heterocycles. The summed E-state index contributed by atoms with van der Waals surface area (Å²) in [6.07, 6.45) is 1.75. The van der Waals surface area contributed by atoms with E-state index in [9.17, 15) is 0 Å². The molecule has 0 heterocycles. The van der Waals surface area contributed by atoms with Crippen LogP contribution in [0, 0.1) is 0 Å². The minimum absolute atomic E-state index is 0.319. The standard InChI is InChI=1S/2C3H8O.ClH.O.V/c2*1-2-3-4;;;/h2*4H,2-3H2,1H3;1H;;/q;;;;+1/p-1. The fraction of sp³-hybridized carbons (Fsp3) is 1.00. The number of hydrogen-bond donors (Lipinski definition) is 2. The Hall–Kier alpha value is 0.594. The normalized spacial score (nSPS) is 6.64. The van der Waals surface area contributed by atoms with Gasteiger partial charge in [0.2, 0.25) is 0 Å². The van der Waals surface area contributed by atoms with E-state index >= 15 is 0 Å². The fourth-order valence-electron chi connectivity index (χ4n) is 0. The van der Waals surface area contributed by atoms with Crippen LogP contribution >= 0.6 is 9.85 Å². The molecule has 0 amide bonds. The molecule has 0 spiro atoms. The first kappa shape index (κ1) is 17.6. The molecule has 0 saturated heterocycles. The summed E-state index contributed by atoms with van der Waals surface area (Å²) in [7, 11) is 4.54. The number of halogens is 1. The van der Waals surface area contributed by atoms with Gasteiger partial charge in [-0.05, 0) is 12.8 Å². The predicted molar refractivity (Wildman–Crippen MR) is 41.3 cm³/mol. The maximum absolute atomic E-state index is 8.79. The van der Waals surface area contributed by atoms with Crippen molar-refractivity contribution in [3.8, 4) is 0 Å². The predicted octanol–water partition coefficient (Wildman–Crippen LogP) is 1.35. The van der Waals surface area contributed by atoms with Crippen LogP contribution in [0.4, 0.5) is 0 Å². The van der Waals surface area contributed by atoms with Crippen LogP contribution in [0.5, 0.6) is 0 Å². The fourth-order valence-corrected chi connectivity index (χ4v) is 0. The van der Waals surface area contributed by atoms with Crippen molar-refractivity contribution in [2.24, 2.45) is 0 Å². The van der Waals surface area contributed by atoms with Gasteiger partial charge in [0.15, 0.2) is 0 Å². The molecule has 0 aliphatic rings. The Morgan fingerprint density at radius 1 is 1.18 bits per heavy atom. The van der Waals surface area contributed by atoms with Crippen LogP contribution in [0.3, 0.4) is 0 Å². The first-order valence-electron chi connectivity index (χ1n) is 3.40. The van der Waals surface area contributed by atoms with Gasteiger partial charge in [0, 0.05) is 13.2 Å². The van der Waals surface area contributed by atoms with E-state index in [1.54, 1.807) is 0 Å². The van der Waals surface area contributed by atoms with E-state index in [0.29, 0.717) is 13.2 Å². The molecule has 2 N–H and O–H groups in total. The first-order valence-corrected chi connectivity index (χ1v) is 5.89. The van der Waals surface area contributed by atoms with Crippen molar-refractivity contribution in [2.45, 2.75) is 26.7 Å². The van der Waals surface area contributed by atoms with Gasteiger partial charge in [0.1, 0.15) is 0 Å². The van der Waals surface area contributed by atoms with E-state index in [-0.39, 0.29) is 0 Å². The van der Waals surface area contributed by atoms with Crippen molar-refractivity contribution >= 4 is 9.85 Å². The number of aliphatic hydroxyl groups excluding tert-OH is 2. The third kappa shape index (κ3) is 116. The van der Waals surface area contributed by atoms with Gasteiger partial charge < -0.3 is 10.2 Å². The van der Waals surface area contributed by atoms with Gasteiger partial charge in [0.05, 0.1) is 0 Å². The second kappa shape index (κ2) is 31.2. The summed E-state index contributed by atoms with van der Waals surface area (Å²) in [6, 6.07) is 0. The van der Waals surface area contributed by atoms with E-state index in [2.05, 4.69) is 9.85 Å².